The Morgan fingerprint density at radius 2 is 1.82 bits per heavy atom. The number of benzene rings is 1. The summed E-state index contributed by atoms with van der Waals surface area (Å²) in [5, 5.41) is 5.77. The average Bonchev–Trinajstić information content (AvgIpc) is 2.49. The number of carbonyl (C=O) groups excluding carboxylic acids is 1. The van der Waals surface area contributed by atoms with Crippen molar-refractivity contribution in [1.82, 2.24) is 15.1 Å². The van der Waals surface area contributed by atoms with Gasteiger partial charge in [0.15, 0.2) is 0 Å². The zero-order valence-electron chi connectivity index (χ0n) is 11.3. The molecular weight excluding hydrogens is 299 g/mol. The molecule has 0 radical (unpaired) electrons. The normalized spacial score (nSPS) is 11.2. The zero-order valence-corrected chi connectivity index (χ0v) is 11.3. The Bertz CT molecular complexity index is 711. The van der Waals surface area contributed by atoms with E-state index in [0.29, 0.717) is 5.69 Å². The molecule has 1 N–H and O–H groups in total. The Morgan fingerprint density at radius 3 is 2.45 bits per heavy atom. The van der Waals surface area contributed by atoms with Gasteiger partial charge in [0.05, 0.1) is 12.2 Å². The fraction of sp³-hybridized carbons (Fsp3) is 0.214. The second kappa shape index (κ2) is 6.42. The molecule has 0 aliphatic rings. The van der Waals surface area contributed by atoms with Crippen LogP contribution in [-0.2, 0) is 11.3 Å². The van der Waals surface area contributed by atoms with Gasteiger partial charge in [-0.3, -0.25) is 9.59 Å². The molecule has 1 heterocycles. The summed E-state index contributed by atoms with van der Waals surface area (Å²) >= 11 is 0. The van der Waals surface area contributed by atoms with E-state index in [1.54, 1.807) is 29.6 Å². The molecule has 1 aromatic heterocycles. The van der Waals surface area contributed by atoms with Crippen molar-refractivity contribution in [3.63, 3.8) is 0 Å². The molecule has 0 fully saturated rings. The highest BCUT2D eigenvalue weighted by atomic mass is 19.4. The predicted molar refractivity (Wildman–Crippen MR) is 73.0 cm³/mol. The van der Waals surface area contributed by atoms with Crippen LogP contribution in [0.4, 0.5) is 13.2 Å². The van der Waals surface area contributed by atoms with Gasteiger partial charge < -0.3 is 5.32 Å². The van der Waals surface area contributed by atoms with Gasteiger partial charge in [-0.2, -0.15) is 18.3 Å². The van der Waals surface area contributed by atoms with Gasteiger partial charge in [-0.05, 0) is 6.07 Å². The van der Waals surface area contributed by atoms with Gasteiger partial charge >= 0.3 is 12.1 Å². The molecule has 0 saturated carbocycles. The third kappa shape index (κ3) is 3.94. The average molecular weight is 311 g/mol. The van der Waals surface area contributed by atoms with Crippen LogP contribution < -0.4 is 10.9 Å². The third-order valence-corrected chi connectivity index (χ3v) is 2.80. The molecule has 0 atom stereocenters. The Kier molecular flexibility index (Phi) is 4.59. The molecule has 0 aliphatic heterocycles. The van der Waals surface area contributed by atoms with Crippen LogP contribution in [0, 0.1) is 0 Å². The molecule has 22 heavy (non-hydrogen) atoms. The van der Waals surface area contributed by atoms with E-state index in [4.69, 9.17) is 0 Å². The molecule has 5 nitrogen and oxygen atoms in total. The summed E-state index contributed by atoms with van der Waals surface area (Å²) in [6, 6.07) is 11.8. The van der Waals surface area contributed by atoms with Crippen molar-refractivity contribution >= 4 is 5.91 Å². The van der Waals surface area contributed by atoms with Crippen LogP contribution in [0.5, 0.6) is 0 Å². The summed E-state index contributed by atoms with van der Waals surface area (Å²) in [7, 11) is 0. The molecular formula is C14H12F3N3O2. The molecule has 8 heteroatoms. The minimum atomic E-state index is -4.94. The van der Waals surface area contributed by atoms with Gasteiger partial charge in [-0.15, -0.1) is 0 Å². The summed E-state index contributed by atoms with van der Waals surface area (Å²) in [5.74, 6) is -2.04. The highest BCUT2D eigenvalue weighted by Gasteiger charge is 2.38. The standard InChI is InChI=1S/C14H12F3N3O2/c15-14(16,17)13(22)18-8-9-20-12(21)7-6-11(19-20)10-4-2-1-3-5-10/h1-7H,8-9H2,(H,18,22). The van der Waals surface area contributed by atoms with E-state index in [1.807, 2.05) is 6.07 Å². The van der Waals surface area contributed by atoms with E-state index < -0.39 is 17.6 Å². The molecule has 1 amide bonds. The molecule has 0 saturated heterocycles. The van der Waals surface area contributed by atoms with Crippen LogP contribution in [-0.4, -0.2) is 28.4 Å². The highest BCUT2D eigenvalue weighted by Crippen LogP contribution is 2.14. The number of rotatable bonds is 4. The molecule has 1 aromatic carbocycles. The molecule has 0 unspecified atom stereocenters. The van der Waals surface area contributed by atoms with Crippen molar-refractivity contribution in [2.24, 2.45) is 0 Å². The Balaban J connectivity index is 2.09. The Morgan fingerprint density at radius 1 is 1.14 bits per heavy atom. The van der Waals surface area contributed by atoms with Crippen LogP contribution >= 0.6 is 0 Å². The number of halogens is 3. The fourth-order valence-electron chi connectivity index (χ4n) is 1.75. The minimum absolute atomic E-state index is 0.151. The lowest BCUT2D eigenvalue weighted by atomic mass is 10.1. The van der Waals surface area contributed by atoms with Gasteiger partial charge in [0, 0.05) is 18.2 Å². The van der Waals surface area contributed by atoms with E-state index in [2.05, 4.69) is 5.10 Å². The van der Waals surface area contributed by atoms with Crippen LogP contribution in [0.2, 0.25) is 0 Å². The molecule has 0 spiro atoms. The molecule has 116 valence electrons. The van der Waals surface area contributed by atoms with Crippen LogP contribution in [0.3, 0.4) is 0 Å². The monoisotopic (exact) mass is 311 g/mol. The van der Waals surface area contributed by atoms with Crippen LogP contribution in [0.25, 0.3) is 11.3 Å². The maximum absolute atomic E-state index is 12.0. The maximum Gasteiger partial charge on any atom is 0.471 e. The first kappa shape index (κ1) is 15.7. The van der Waals surface area contributed by atoms with E-state index in [9.17, 15) is 22.8 Å². The number of alkyl halides is 3. The SMILES string of the molecule is O=C(NCCn1nc(-c2ccccc2)ccc1=O)C(F)(F)F. The first-order chi connectivity index (χ1) is 10.4. The number of amides is 1. The summed E-state index contributed by atoms with van der Waals surface area (Å²) in [6.07, 6.45) is -4.94. The number of nitrogens with zero attached hydrogens (tertiary/aromatic N) is 2. The van der Waals surface area contributed by atoms with Gasteiger partial charge in [-0.25, -0.2) is 4.68 Å². The van der Waals surface area contributed by atoms with E-state index >= 15 is 0 Å². The quantitative estimate of drug-likeness (QED) is 0.932. The van der Waals surface area contributed by atoms with E-state index in [-0.39, 0.29) is 13.1 Å². The summed E-state index contributed by atoms with van der Waals surface area (Å²) in [5.41, 5.74) is 0.832. The lowest BCUT2D eigenvalue weighted by Crippen LogP contribution is -2.39. The van der Waals surface area contributed by atoms with Crippen LogP contribution in [0.1, 0.15) is 0 Å². The minimum Gasteiger partial charge on any atom is -0.346 e. The van der Waals surface area contributed by atoms with Crippen molar-refractivity contribution in [3.8, 4) is 11.3 Å². The van der Waals surface area contributed by atoms with Gasteiger partial charge in [0.2, 0.25) is 0 Å². The zero-order chi connectivity index (χ0) is 16.2. The van der Waals surface area contributed by atoms with Crippen molar-refractivity contribution in [3.05, 3.63) is 52.8 Å². The number of carbonyl (C=O) groups is 1. The number of nitrogens with one attached hydrogen (secondary N) is 1. The second-order valence-corrected chi connectivity index (χ2v) is 4.40. The maximum atomic E-state index is 12.0. The van der Waals surface area contributed by atoms with E-state index in [0.717, 1.165) is 10.2 Å². The van der Waals surface area contributed by atoms with Gasteiger partial charge in [0.25, 0.3) is 5.56 Å². The lowest BCUT2D eigenvalue weighted by Gasteiger charge is -2.09. The Hall–Kier alpha value is -2.64. The summed E-state index contributed by atoms with van der Waals surface area (Å²) < 4.78 is 37.1. The summed E-state index contributed by atoms with van der Waals surface area (Å²) in [6.45, 7) is -0.495. The first-order valence-electron chi connectivity index (χ1n) is 6.36. The highest BCUT2D eigenvalue weighted by molar-refractivity contribution is 5.81. The van der Waals surface area contributed by atoms with Gasteiger partial charge in [-0.1, -0.05) is 30.3 Å². The summed E-state index contributed by atoms with van der Waals surface area (Å²) in [4.78, 5) is 22.3. The van der Waals surface area contributed by atoms with Crippen molar-refractivity contribution in [2.75, 3.05) is 6.54 Å². The smallest absolute Gasteiger partial charge is 0.346 e. The lowest BCUT2D eigenvalue weighted by molar-refractivity contribution is -0.173. The number of hydrogen-bond acceptors (Lipinski definition) is 3. The molecule has 0 aliphatic carbocycles. The topological polar surface area (TPSA) is 64.0 Å². The van der Waals surface area contributed by atoms with Crippen molar-refractivity contribution < 1.29 is 18.0 Å². The number of aromatic nitrogens is 2. The van der Waals surface area contributed by atoms with Crippen LogP contribution in [0.15, 0.2) is 47.3 Å². The molecule has 0 bridgehead atoms. The fourth-order valence-corrected chi connectivity index (χ4v) is 1.75. The molecule has 2 rings (SSSR count). The van der Waals surface area contributed by atoms with E-state index in [1.165, 1.54) is 12.1 Å². The van der Waals surface area contributed by atoms with Gasteiger partial charge in [0.1, 0.15) is 0 Å². The van der Waals surface area contributed by atoms with Crippen molar-refractivity contribution in [1.29, 1.82) is 0 Å². The molecule has 2 aromatic rings. The number of hydrogen-bond donors (Lipinski definition) is 1. The van der Waals surface area contributed by atoms with Crippen molar-refractivity contribution in [2.45, 2.75) is 12.7 Å². The second-order valence-electron chi connectivity index (χ2n) is 4.40. The third-order valence-electron chi connectivity index (χ3n) is 2.80. The Labute approximate surface area is 123 Å². The largest absolute Gasteiger partial charge is 0.471 e. The predicted octanol–water partition coefficient (Wildman–Crippen LogP) is 1.59. The first-order valence-corrected chi connectivity index (χ1v) is 6.36.